The van der Waals surface area contributed by atoms with E-state index >= 15 is 0 Å². The summed E-state index contributed by atoms with van der Waals surface area (Å²) in [6.45, 7) is 1.40. The number of nitriles is 1. The molecule has 1 aromatic rings. The van der Waals surface area contributed by atoms with Crippen LogP contribution in [0.2, 0.25) is 0 Å². The lowest BCUT2D eigenvalue weighted by molar-refractivity contribution is 0.630. The Morgan fingerprint density at radius 2 is 2.40 bits per heavy atom. The van der Waals surface area contributed by atoms with E-state index < -0.39 is 0 Å². The maximum absolute atomic E-state index is 11.8. The van der Waals surface area contributed by atoms with Crippen LogP contribution in [-0.2, 0) is 7.05 Å². The Labute approximate surface area is 88.1 Å². The van der Waals surface area contributed by atoms with Gasteiger partial charge < -0.3 is 9.88 Å². The number of rotatable bonds is 1. The molecule has 2 atom stereocenters. The van der Waals surface area contributed by atoms with Crippen molar-refractivity contribution in [2.24, 2.45) is 13.0 Å². The van der Waals surface area contributed by atoms with Crippen molar-refractivity contribution in [3.8, 4) is 6.07 Å². The predicted molar refractivity (Wildman–Crippen MR) is 56.4 cm³/mol. The van der Waals surface area contributed by atoms with Crippen LogP contribution in [0.3, 0.4) is 0 Å². The van der Waals surface area contributed by atoms with Crippen molar-refractivity contribution in [2.75, 3.05) is 13.1 Å². The zero-order valence-electron chi connectivity index (χ0n) is 8.60. The van der Waals surface area contributed by atoms with Crippen LogP contribution in [0.4, 0.5) is 0 Å². The van der Waals surface area contributed by atoms with Crippen molar-refractivity contribution >= 4 is 0 Å². The average molecular weight is 203 g/mol. The Kier molecular flexibility index (Phi) is 2.57. The summed E-state index contributed by atoms with van der Waals surface area (Å²) in [5, 5.41) is 12.1. The summed E-state index contributed by atoms with van der Waals surface area (Å²) in [5.41, 5.74) is 0.753. The molecule has 0 bridgehead atoms. The van der Waals surface area contributed by atoms with E-state index in [9.17, 15) is 4.79 Å². The van der Waals surface area contributed by atoms with E-state index in [1.165, 1.54) is 0 Å². The molecule has 1 aliphatic rings. The Morgan fingerprint density at radius 1 is 1.60 bits per heavy atom. The first kappa shape index (κ1) is 9.94. The Hall–Kier alpha value is -1.60. The first-order valence-corrected chi connectivity index (χ1v) is 5.00. The molecule has 4 heteroatoms. The van der Waals surface area contributed by atoms with Gasteiger partial charge in [0.2, 0.25) is 0 Å². The summed E-state index contributed by atoms with van der Waals surface area (Å²) in [7, 11) is 1.73. The molecule has 1 aliphatic heterocycles. The smallest absolute Gasteiger partial charge is 0.253 e. The number of pyridine rings is 1. The normalized spacial score (nSPS) is 25.1. The summed E-state index contributed by atoms with van der Waals surface area (Å²) in [4.78, 5) is 11.8. The van der Waals surface area contributed by atoms with E-state index in [4.69, 9.17) is 5.26 Å². The first-order valence-electron chi connectivity index (χ1n) is 5.00. The minimum atomic E-state index is -0.0832. The van der Waals surface area contributed by atoms with Crippen molar-refractivity contribution in [2.45, 2.75) is 5.92 Å². The summed E-state index contributed by atoms with van der Waals surface area (Å²) in [6.07, 6.45) is 1.73. The lowest BCUT2D eigenvalue weighted by Gasteiger charge is -2.12. The standard InChI is InChI=1S/C11H13N3O/c1-14-4-2-3-9(11(14)15)10-7-13-6-8(10)5-12/h2-4,8,10,13H,6-7H2,1H3/t8-,10-/m1/s1. The molecule has 1 N–H and O–H groups in total. The Balaban J connectivity index is 2.42. The summed E-state index contributed by atoms with van der Waals surface area (Å²) in [5.74, 6) is -0.0463. The van der Waals surface area contributed by atoms with Crippen molar-refractivity contribution < 1.29 is 0 Å². The first-order chi connectivity index (χ1) is 7.24. The minimum Gasteiger partial charge on any atom is -0.318 e. The predicted octanol–water partition coefficient (Wildman–Crippen LogP) is 0.212. The van der Waals surface area contributed by atoms with Crippen LogP contribution in [-0.4, -0.2) is 17.7 Å². The highest BCUT2D eigenvalue weighted by Gasteiger charge is 2.30. The molecule has 15 heavy (non-hydrogen) atoms. The fourth-order valence-corrected chi connectivity index (χ4v) is 2.04. The van der Waals surface area contributed by atoms with Crippen LogP contribution in [0, 0.1) is 17.2 Å². The number of hydrogen-bond acceptors (Lipinski definition) is 3. The van der Waals surface area contributed by atoms with Crippen molar-refractivity contribution in [1.29, 1.82) is 5.26 Å². The van der Waals surface area contributed by atoms with E-state index in [0.717, 1.165) is 12.1 Å². The van der Waals surface area contributed by atoms with E-state index in [1.807, 2.05) is 12.1 Å². The molecule has 0 spiro atoms. The van der Waals surface area contributed by atoms with Gasteiger partial charge in [0, 0.05) is 37.8 Å². The van der Waals surface area contributed by atoms with Gasteiger partial charge >= 0.3 is 0 Å². The number of nitrogens with zero attached hydrogens (tertiary/aromatic N) is 2. The topological polar surface area (TPSA) is 57.8 Å². The van der Waals surface area contributed by atoms with Crippen LogP contribution in [0.5, 0.6) is 0 Å². The molecule has 2 rings (SSSR count). The van der Waals surface area contributed by atoms with Crippen LogP contribution in [0.15, 0.2) is 23.1 Å². The third-order valence-corrected chi connectivity index (χ3v) is 2.93. The lowest BCUT2D eigenvalue weighted by Crippen LogP contribution is -2.25. The van der Waals surface area contributed by atoms with E-state index in [0.29, 0.717) is 6.54 Å². The van der Waals surface area contributed by atoms with Crippen LogP contribution in [0.25, 0.3) is 0 Å². The van der Waals surface area contributed by atoms with Gasteiger partial charge in [-0.25, -0.2) is 0 Å². The molecular formula is C11H13N3O. The zero-order chi connectivity index (χ0) is 10.8. The second kappa shape index (κ2) is 3.87. The highest BCUT2D eigenvalue weighted by atomic mass is 16.1. The van der Waals surface area contributed by atoms with Crippen LogP contribution in [0.1, 0.15) is 11.5 Å². The molecule has 1 aromatic heterocycles. The quantitative estimate of drug-likeness (QED) is 0.710. The second-order valence-electron chi connectivity index (χ2n) is 3.88. The monoisotopic (exact) mass is 203 g/mol. The molecule has 0 aliphatic carbocycles. The van der Waals surface area contributed by atoms with Crippen molar-refractivity contribution in [1.82, 2.24) is 9.88 Å². The van der Waals surface area contributed by atoms with E-state index in [2.05, 4.69) is 11.4 Å². The largest absolute Gasteiger partial charge is 0.318 e. The molecule has 0 radical (unpaired) electrons. The third-order valence-electron chi connectivity index (χ3n) is 2.93. The number of aryl methyl sites for hydroxylation is 1. The third kappa shape index (κ3) is 1.66. The second-order valence-corrected chi connectivity index (χ2v) is 3.88. The number of aromatic nitrogens is 1. The molecule has 0 saturated carbocycles. The fraction of sp³-hybridized carbons (Fsp3) is 0.455. The van der Waals surface area contributed by atoms with Gasteiger partial charge in [0.1, 0.15) is 0 Å². The van der Waals surface area contributed by atoms with Gasteiger partial charge in [0.25, 0.3) is 5.56 Å². The van der Waals surface area contributed by atoms with Crippen LogP contribution >= 0.6 is 0 Å². The van der Waals surface area contributed by atoms with E-state index in [1.54, 1.807) is 17.8 Å². The highest BCUT2D eigenvalue weighted by Crippen LogP contribution is 2.24. The maximum Gasteiger partial charge on any atom is 0.253 e. The maximum atomic E-state index is 11.8. The van der Waals surface area contributed by atoms with Gasteiger partial charge in [-0.05, 0) is 6.07 Å². The van der Waals surface area contributed by atoms with E-state index in [-0.39, 0.29) is 17.4 Å². The van der Waals surface area contributed by atoms with Crippen molar-refractivity contribution in [3.05, 3.63) is 34.2 Å². The molecule has 4 nitrogen and oxygen atoms in total. The van der Waals surface area contributed by atoms with Crippen LogP contribution < -0.4 is 10.9 Å². The van der Waals surface area contributed by atoms with Gasteiger partial charge in [0.05, 0.1) is 12.0 Å². The SMILES string of the molecule is Cn1cccc([C@@H]2CNC[C@H]2C#N)c1=O. The van der Waals surface area contributed by atoms with Gasteiger partial charge in [0.15, 0.2) is 0 Å². The molecule has 0 unspecified atom stereocenters. The molecular weight excluding hydrogens is 190 g/mol. The highest BCUT2D eigenvalue weighted by molar-refractivity contribution is 5.21. The Morgan fingerprint density at radius 3 is 3.13 bits per heavy atom. The van der Waals surface area contributed by atoms with Crippen molar-refractivity contribution in [3.63, 3.8) is 0 Å². The molecule has 0 amide bonds. The number of hydrogen-bond donors (Lipinski definition) is 1. The van der Waals surface area contributed by atoms with Gasteiger partial charge in [-0.15, -0.1) is 0 Å². The Bertz CT molecular complexity index is 458. The number of nitrogens with one attached hydrogen (secondary N) is 1. The summed E-state index contributed by atoms with van der Waals surface area (Å²) in [6, 6.07) is 5.92. The van der Waals surface area contributed by atoms with Gasteiger partial charge in [-0.2, -0.15) is 5.26 Å². The summed E-state index contributed by atoms with van der Waals surface area (Å²) >= 11 is 0. The lowest BCUT2D eigenvalue weighted by atomic mass is 9.91. The van der Waals surface area contributed by atoms with Gasteiger partial charge in [-0.1, -0.05) is 6.07 Å². The molecule has 2 heterocycles. The molecule has 0 aromatic carbocycles. The minimum absolute atomic E-state index is 0.00597. The molecule has 1 fully saturated rings. The molecule has 78 valence electrons. The summed E-state index contributed by atoms with van der Waals surface area (Å²) < 4.78 is 1.56. The molecule has 1 saturated heterocycles. The average Bonchev–Trinajstić information content (AvgIpc) is 2.70. The zero-order valence-corrected chi connectivity index (χ0v) is 8.60. The van der Waals surface area contributed by atoms with Gasteiger partial charge in [-0.3, -0.25) is 4.79 Å². The fourth-order valence-electron chi connectivity index (χ4n) is 2.04.